The summed E-state index contributed by atoms with van der Waals surface area (Å²) in [5.74, 6) is 0.123. The van der Waals surface area contributed by atoms with E-state index in [1.807, 2.05) is 12.1 Å². The normalized spacial score (nSPS) is 11.3. The molecule has 0 aliphatic rings. The highest BCUT2D eigenvalue weighted by atomic mass is 35.5. The molecule has 0 saturated carbocycles. The van der Waals surface area contributed by atoms with E-state index in [0.29, 0.717) is 28.1 Å². The Hall–Kier alpha value is -1.72. The van der Waals surface area contributed by atoms with Crippen LogP contribution >= 0.6 is 23.2 Å². The maximum atomic E-state index is 11.4. The molecule has 0 unspecified atom stereocenters. The summed E-state index contributed by atoms with van der Waals surface area (Å²) >= 11 is 12.0. The van der Waals surface area contributed by atoms with Gasteiger partial charge in [-0.3, -0.25) is 5.10 Å². The van der Waals surface area contributed by atoms with E-state index in [4.69, 9.17) is 23.2 Å². The largest absolute Gasteiger partial charge is 0.464 e. The minimum Gasteiger partial charge on any atom is -0.464 e. The van der Waals surface area contributed by atoms with Gasteiger partial charge in [0.25, 0.3) is 0 Å². The number of carbonyl (C=O) groups is 1. The fourth-order valence-corrected chi connectivity index (χ4v) is 2.26. The molecule has 0 saturated heterocycles. The molecule has 0 aliphatic carbocycles. The smallest absolute Gasteiger partial charge is 0.356 e. The number of methoxy groups -OCH3 is 1. The average molecular weight is 342 g/mol. The van der Waals surface area contributed by atoms with Gasteiger partial charge in [-0.1, -0.05) is 43.1 Å². The number of rotatable bonds is 5. The highest BCUT2D eigenvalue weighted by molar-refractivity contribution is 6.42. The molecule has 1 heterocycles. The molecule has 2 aromatic rings. The number of esters is 1. The Morgan fingerprint density at radius 1 is 1.32 bits per heavy atom. The predicted molar refractivity (Wildman–Crippen MR) is 87.9 cm³/mol. The van der Waals surface area contributed by atoms with Gasteiger partial charge in [-0.05, 0) is 17.7 Å². The minimum atomic E-state index is -0.454. The fourth-order valence-electron chi connectivity index (χ4n) is 1.96. The van der Waals surface area contributed by atoms with Crippen molar-refractivity contribution in [3.63, 3.8) is 0 Å². The van der Waals surface area contributed by atoms with Crippen molar-refractivity contribution >= 4 is 35.0 Å². The second-order valence-corrected chi connectivity index (χ2v) is 6.34. The van der Waals surface area contributed by atoms with Crippen LogP contribution in [0, 0.1) is 0 Å². The lowest BCUT2D eigenvalue weighted by Gasteiger charge is -2.26. The number of carbonyl (C=O) groups excluding carboxylic acids is 1. The maximum absolute atomic E-state index is 11.4. The monoisotopic (exact) mass is 341 g/mol. The summed E-state index contributed by atoms with van der Waals surface area (Å²) in [5.41, 5.74) is 1.16. The lowest BCUT2D eigenvalue weighted by Crippen LogP contribution is -2.27. The molecule has 0 amide bonds. The molecule has 1 aromatic carbocycles. The van der Waals surface area contributed by atoms with Crippen molar-refractivity contribution in [1.29, 1.82) is 0 Å². The van der Waals surface area contributed by atoms with Crippen LogP contribution in [0.5, 0.6) is 0 Å². The van der Waals surface area contributed by atoms with Gasteiger partial charge in [0.2, 0.25) is 0 Å². The molecule has 1 aromatic heterocycles. The maximum Gasteiger partial charge on any atom is 0.356 e. The third kappa shape index (κ3) is 3.72. The molecule has 0 aliphatic heterocycles. The molecule has 0 bridgehead atoms. The zero-order valence-corrected chi connectivity index (χ0v) is 14.0. The summed E-state index contributed by atoms with van der Waals surface area (Å²) in [6.07, 6.45) is 0. The van der Waals surface area contributed by atoms with E-state index in [-0.39, 0.29) is 5.41 Å². The summed E-state index contributed by atoms with van der Waals surface area (Å²) in [6, 6.07) is 7.19. The van der Waals surface area contributed by atoms with Crippen LogP contribution in [0.3, 0.4) is 0 Å². The molecule has 118 valence electrons. The molecule has 2 rings (SSSR count). The number of nitrogens with zero attached hydrogens (tertiary/aromatic N) is 1. The number of anilines is 1. The predicted octanol–water partition coefficient (Wildman–Crippen LogP) is 3.89. The SMILES string of the molecule is COC(=O)c1cc(NCC(C)(C)c2ccc(Cl)c(Cl)c2)n[nH]1. The van der Waals surface area contributed by atoms with Gasteiger partial charge in [0.15, 0.2) is 0 Å². The van der Waals surface area contributed by atoms with Gasteiger partial charge in [-0.15, -0.1) is 0 Å². The number of hydrogen-bond donors (Lipinski definition) is 2. The molecule has 0 fully saturated rings. The van der Waals surface area contributed by atoms with Gasteiger partial charge in [-0.25, -0.2) is 4.79 Å². The van der Waals surface area contributed by atoms with Crippen molar-refractivity contribution in [3.8, 4) is 0 Å². The highest BCUT2D eigenvalue weighted by Crippen LogP contribution is 2.30. The van der Waals surface area contributed by atoms with E-state index >= 15 is 0 Å². The summed E-state index contributed by atoms with van der Waals surface area (Å²) in [5, 5.41) is 10.9. The Morgan fingerprint density at radius 2 is 2.05 bits per heavy atom. The number of aromatic nitrogens is 2. The van der Waals surface area contributed by atoms with Crippen LogP contribution in [-0.4, -0.2) is 29.8 Å². The second-order valence-electron chi connectivity index (χ2n) is 5.52. The minimum absolute atomic E-state index is 0.196. The van der Waals surface area contributed by atoms with E-state index in [1.54, 1.807) is 12.1 Å². The van der Waals surface area contributed by atoms with Crippen LogP contribution in [0.25, 0.3) is 0 Å². The van der Waals surface area contributed by atoms with E-state index in [9.17, 15) is 4.79 Å². The zero-order valence-electron chi connectivity index (χ0n) is 12.5. The molecule has 7 heteroatoms. The molecule has 0 radical (unpaired) electrons. The number of ether oxygens (including phenoxy) is 1. The van der Waals surface area contributed by atoms with Crippen molar-refractivity contribution < 1.29 is 9.53 Å². The molecular formula is C15H17Cl2N3O2. The standard InChI is InChI=1S/C15H17Cl2N3O2/c1-15(2,9-4-5-10(16)11(17)6-9)8-18-13-7-12(19-20-13)14(21)22-3/h4-7H,8H2,1-3H3,(H2,18,19,20). The lowest BCUT2D eigenvalue weighted by molar-refractivity contribution is 0.0594. The van der Waals surface area contributed by atoms with Crippen LogP contribution in [0.2, 0.25) is 10.0 Å². The van der Waals surface area contributed by atoms with Crippen molar-refractivity contribution in [3.05, 3.63) is 45.6 Å². The number of aromatic amines is 1. The highest BCUT2D eigenvalue weighted by Gasteiger charge is 2.22. The Kier molecular flexibility index (Phi) is 4.98. The van der Waals surface area contributed by atoms with Gasteiger partial charge in [0.05, 0.1) is 17.2 Å². The quantitative estimate of drug-likeness (QED) is 0.809. The molecule has 22 heavy (non-hydrogen) atoms. The topological polar surface area (TPSA) is 67.0 Å². The summed E-state index contributed by atoms with van der Waals surface area (Å²) in [7, 11) is 1.32. The first-order chi connectivity index (χ1) is 10.3. The van der Waals surface area contributed by atoms with Crippen LogP contribution in [0.4, 0.5) is 5.82 Å². The van der Waals surface area contributed by atoms with Gasteiger partial charge < -0.3 is 10.1 Å². The van der Waals surface area contributed by atoms with Crippen LogP contribution in [0.15, 0.2) is 24.3 Å². The van der Waals surface area contributed by atoms with Crippen molar-refractivity contribution in [2.45, 2.75) is 19.3 Å². The van der Waals surface area contributed by atoms with Crippen molar-refractivity contribution in [1.82, 2.24) is 10.2 Å². The van der Waals surface area contributed by atoms with Gasteiger partial charge in [-0.2, -0.15) is 5.10 Å². The van der Waals surface area contributed by atoms with E-state index in [1.165, 1.54) is 7.11 Å². The van der Waals surface area contributed by atoms with Crippen LogP contribution in [0.1, 0.15) is 29.9 Å². The first kappa shape index (κ1) is 16.6. The number of halogens is 2. The Balaban J connectivity index is 2.07. The molecule has 0 spiro atoms. The summed E-state index contributed by atoms with van der Waals surface area (Å²) in [6.45, 7) is 4.76. The molecule has 0 atom stereocenters. The van der Waals surface area contributed by atoms with E-state index in [2.05, 4.69) is 34.1 Å². The zero-order chi connectivity index (χ0) is 16.3. The van der Waals surface area contributed by atoms with E-state index in [0.717, 1.165) is 5.56 Å². The van der Waals surface area contributed by atoms with Crippen molar-refractivity contribution in [2.75, 3.05) is 19.0 Å². The molecule has 2 N–H and O–H groups in total. The molecule has 5 nitrogen and oxygen atoms in total. The number of nitrogens with one attached hydrogen (secondary N) is 2. The Morgan fingerprint density at radius 3 is 2.68 bits per heavy atom. The number of H-pyrrole nitrogens is 1. The molecular weight excluding hydrogens is 325 g/mol. The summed E-state index contributed by atoms with van der Waals surface area (Å²) in [4.78, 5) is 11.4. The lowest BCUT2D eigenvalue weighted by atomic mass is 9.84. The number of hydrogen-bond acceptors (Lipinski definition) is 4. The van der Waals surface area contributed by atoms with Gasteiger partial charge >= 0.3 is 5.97 Å². The van der Waals surface area contributed by atoms with E-state index < -0.39 is 5.97 Å². The van der Waals surface area contributed by atoms with Crippen molar-refractivity contribution in [2.24, 2.45) is 0 Å². The summed E-state index contributed by atoms with van der Waals surface area (Å²) < 4.78 is 4.62. The third-order valence-corrected chi connectivity index (χ3v) is 4.13. The third-order valence-electron chi connectivity index (χ3n) is 3.40. The first-order valence-corrected chi connectivity index (χ1v) is 7.42. The Bertz CT molecular complexity index is 683. The first-order valence-electron chi connectivity index (χ1n) is 6.66. The second kappa shape index (κ2) is 6.58. The van der Waals surface area contributed by atoms with Gasteiger partial charge in [0.1, 0.15) is 11.5 Å². The Labute approximate surface area is 139 Å². The van der Waals surface area contributed by atoms with Gasteiger partial charge in [0, 0.05) is 18.0 Å². The average Bonchev–Trinajstić information content (AvgIpc) is 2.96. The van der Waals surface area contributed by atoms with Crippen LogP contribution < -0.4 is 5.32 Å². The fraction of sp³-hybridized carbons (Fsp3) is 0.333. The van der Waals surface area contributed by atoms with Crippen LogP contribution in [-0.2, 0) is 10.2 Å². The number of benzene rings is 1.